The van der Waals surface area contributed by atoms with Gasteiger partial charge in [-0.15, -0.1) is 0 Å². The fourth-order valence-corrected chi connectivity index (χ4v) is 1.58. The average Bonchev–Trinajstić information content (AvgIpc) is 2.14. The number of hydrogen-bond acceptors (Lipinski definition) is 1. The summed E-state index contributed by atoms with van der Waals surface area (Å²) in [6.45, 7) is 1.60. The van der Waals surface area contributed by atoms with Crippen LogP contribution in [0.5, 0.6) is 0 Å². The van der Waals surface area contributed by atoms with Crippen LogP contribution >= 0.6 is 15.9 Å². The summed E-state index contributed by atoms with van der Waals surface area (Å²) in [5.41, 5.74) is 1.00. The number of halogens is 3. The van der Waals surface area contributed by atoms with Gasteiger partial charge in [0.15, 0.2) is 0 Å². The minimum atomic E-state index is -2.30. The van der Waals surface area contributed by atoms with Crippen molar-refractivity contribution in [3.63, 3.8) is 0 Å². The summed E-state index contributed by atoms with van der Waals surface area (Å²) >= 11 is 3.33. The Bertz CT molecular complexity index is 291. The Morgan fingerprint density at radius 3 is 2.71 bits per heavy atom. The number of hydrogen-bond donors (Lipinski definition) is 1. The van der Waals surface area contributed by atoms with Gasteiger partial charge < -0.3 is 5.32 Å². The molecule has 1 aromatic rings. The van der Waals surface area contributed by atoms with E-state index in [0.717, 1.165) is 10.0 Å². The maximum Gasteiger partial charge on any atom is 0.250 e. The maximum absolute atomic E-state index is 11.9. The van der Waals surface area contributed by atoms with Gasteiger partial charge >= 0.3 is 0 Å². The van der Waals surface area contributed by atoms with Gasteiger partial charge in [-0.3, -0.25) is 0 Å². The molecule has 1 N–H and O–H groups in total. The van der Waals surface area contributed by atoms with Crippen molar-refractivity contribution in [2.75, 3.05) is 6.54 Å². The van der Waals surface area contributed by atoms with Crippen LogP contribution < -0.4 is 5.32 Å². The molecule has 0 saturated heterocycles. The second-order valence-electron chi connectivity index (χ2n) is 3.08. The third-order valence-corrected chi connectivity index (χ3v) is 2.42. The normalized spacial score (nSPS) is 13.2. The van der Waals surface area contributed by atoms with Crippen molar-refractivity contribution in [1.82, 2.24) is 5.32 Å². The van der Waals surface area contributed by atoms with E-state index < -0.39 is 6.43 Å². The summed E-state index contributed by atoms with van der Waals surface area (Å²) in [7, 11) is 0. The zero-order valence-corrected chi connectivity index (χ0v) is 9.39. The first kappa shape index (κ1) is 11.6. The lowest BCUT2D eigenvalue weighted by Gasteiger charge is -2.13. The van der Waals surface area contributed by atoms with E-state index in [9.17, 15) is 8.78 Å². The zero-order valence-electron chi connectivity index (χ0n) is 7.81. The number of benzene rings is 1. The van der Waals surface area contributed by atoms with Crippen molar-refractivity contribution in [2.24, 2.45) is 0 Å². The molecule has 0 spiro atoms. The molecule has 0 aromatic heterocycles. The molecule has 0 unspecified atom stereocenters. The standard InChI is InChI=1S/C10H12BrF2N/c1-7(14-6-10(12)13)8-3-2-4-9(11)5-8/h2-5,7,10,14H,6H2,1H3/t7-/m1/s1. The molecule has 14 heavy (non-hydrogen) atoms. The van der Waals surface area contributed by atoms with E-state index in [-0.39, 0.29) is 12.6 Å². The molecule has 0 bridgehead atoms. The molecule has 0 aliphatic rings. The van der Waals surface area contributed by atoms with Crippen LogP contribution in [0.15, 0.2) is 28.7 Å². The molecule has 0 aliphatic heterocycles. The van der Waals surface area contributed by atoms with E-state index in [4.69, 9.17) is 0 Å². The summed E-state index contributed by atoms with van der Waals surface area (Å²) in [4.78, 5) is 0. The van der Waals surface area contributed by atoms with E-state index in [0.29, 0.717) is 0 Å². The topological polar surface area (TPSA) is 12.0 Å². The van der Waals surface area contributed by atoms with E-state index in [1.54, 1.807) is 0 Å². The van der Waals surface area contributed by atoms with Gasteiger partial charge in [-0.2, -0.15) is 0 Å². The predicted molar refractivity (Wildman–Crippen MR) is 56.6 cm³/mol. The molecule has 0 radical (unpaired) electrons. The number of rotatable bonds is 4. The molecule has 1 aromatic carbocycles. The minimum absolute atomic E-state index is 0.0542. The second kappa shape index (κ2) is 5.41. The van der Waals surface area contributed by atoms with Crippen LogP contribution in [0.4, 0.5) is 8.78 Å². The highest BCUT2D eigenvalue weighted by Crippen LogP contribution is 2.17. The highest BCUT2D eigenvalue weighted by Gasteiger charge is 2.08. The van der Waals surface area contributed by atoms with Crippen LogP contribution in [0.3, 0.4) is 0 Å². The van der Waals surface area contributed by atoms with Crippen molar-refractivity contribution < 1.29 is 8.78 Å². The molecule has 1 atom stereocenters. The molecule has 0 heterocycles. The lowest BCUT2D eigenvalue weighted by molar-refractivity contribution is 0.142. The van der Waals surface area contributed by atoms with Gasteiger partial charge in [0.2, 0.25) is 0 Å². The van der Waals surface area contributed by atoms with Gasteiger partial charge in [0.25, 0.3) is 6.43 Å². The monoisotopic (exact) mass is 263 g/mol. The maximum atomic E-state index is 11.9. The molecule has 1 rings (SSSR count). The Balaban J connectivity index is 2.56. The van der Waals surface area contributed by atoms with Gasteiger partial charge in [-0.25, -0.2) is 8.78 Å². The SMILES string of the molecule is C[C@@H](NCC(F)F)c1cccc(Br)c1. The fraction of sp³-hybridized carbons (Fsp3) is 0.400. The highest BCUT2D eigenvalue weighted by atomic mass is 79.9. The summed E-state index contributed by atoms with van der Waals surface area (Å²) in [6.07, 6.45) is -2.30. The summed E-state index contributed by atoms with van der Waals surface area (Å²) in [5.74, 6) is 0. The van der Waals surface area contributed by atoms with Crippen LogP contribution in [0, 0.1) is 0 Å². The Labute approximate surface area is 90.6 Å². The smallest absolute Gasteiger partial charge is 0.250 e. The van der Waals surface area contributed by atoms with Crippen LogP contribution in [-0.2, 0) is 0 Å². The molecule has 0 amide bonds. The van der Waals surface area contributed by atoms with E-state index in [1.165, 1.54) is 0 Å². The average molecular weight is 264 g/mol. The van der Waals surface area contributed by atoms with Crippen molar-refractivity contribution >= 4 is 15.9 Å². The third kappa shape index (κ3) is 3.72. The molecule has 1 nitrogen and oxygen atoms in total. The fourth-order valence-electron chi connectivity index (χ4n) is 1.16. The van der Waals surface area contributed by atoms with Crippen molar-refractivity contribution in [3.8, 4) is 0 Å². The zero-order chi connectivity index (χ0) is 10.6. The summed E-state index contributed by atoms with van der Waals surface area (Å²) in [5, 5.41) is 2.75. The first-order chi connectivity index (χ1) is 6.59. The molecular weight excluding hydrogens is 252 g/mol. The van der Waals surface area contributed by atoms with Gasteiger partial charge in [0.05, 0.1) is 6.54 Å². The van der Waals surface area contributed by atoms with Crippen LogP contribution in [0.2, 0.25) is 0 Å². The van der Waals surface area contributed by atoms with E-state index in [2.05, 4.69) is 21.2 Å². The minimum Gasteiger partial charge on any atom is -0.305 e. The lowest BCUT2D eigenvalue weighted by atomic mass is 10.1. The number of alkyl halides is 2. The quantitative estimate of drug-likeness (QED) is 0.879. The van der Waals surface area contributed by atoms with Crippen LogP contribution in [0.1, 0.15) is 18.5 Å². The van der Waals surface area contributed by atoms with E-state index in [1.807, 2.05) is 31.2 Å². The first-order valence-corrected chi connectivity index (χ1v) is 5.16. The molecule has 0 saturated carbocycles. The third-order valence-electron chi connectivity index (χ3n) is 1.93. The molecule has 0 fully saturated rings. The molecule has 78 valence electrons. The van der Waals surface area contributed by atoms with Gasteiger partial charge in [-0.05, 0) is 24.6 Å². The first-order valence-electron chi connectivity index (χ1n) is 4.36. The van der Waals surface area contributed by atoms with Crippen molar-refractivity contribution in [1.29, 1.82) is 0 Å². The lowest BCUT2D eigenvalue weighted by Crippen LogP contribution is -2.24. The van der Waals surface area contributed by atoms with Gasteiger partial charge in [0, 0.05) is 10.5 Å². The molecule has 0 aliphatic carbocycles. The summed E-state index contributed by atoms with van der Waals surface area (Å²) < 4.78 is 24.8. The van der Waals surface area contributed by atoms with Crippen molar-refractivity contribution in [3.05, 3.63) is 34.3 Å². The summed E-state index contributed by atoms with van der Waals surface area (Å²) in [6, 6.07) is 7.57. The van der Waals surface area contributed by atoms with Gasteiger partial charge in [0.1, 0.15) is 0 Å². The Hall–Kier alpha value is -0.480. The predicted octanol–water partition coefficient (Wildman–Crippen LogP) is 3.36. The Kier molecular flexibility index (Phi) is 4.48. The Morgan fingerprint density at radius 1 is 1.43 bits per heavy atom. The molecular formula is C10H12BrF2N. The second-order valence-corrected chi connectivity index (χ2v) is 3.99. The van der Waals surface area contributed by atoms with E-state index >= 15 is 0 Å². The Morgan fingerprint density at radius 2 is 2.14 bits per heavy atom. The van der Waals surface area contributed by atoms with Crippen LogP contribution in [-0.4, -0.2) is 13.0 Å². The highest BCUT2D eigenvalue weighted by molar-refractivity contribution is 9.10. The van der Waals surface area contributed by atoms with Crippen molar-refractivity contribution in [2.45, 2.75) is 19.4 Å². The van der Waals surface area contributed by atoms with Gasteiger partial charge in [-0.1, -0.05) is 28.1 Å². The van der Waals surface area contributed by atoms with Crippen LogP contribution in [0.25, 0.3) is 0 Å². The molecule has 4 heteroatoms. The number of nitrogens with one attached hydrogen (secondary N) is 1. The largest absolute Gasteiger partial charge is 0.305 e.